The Hall–Kier alpha value is -4.79. The summed E-state index contributed by atoms with van der Waals surface area (Å²) >= 11 is 0. The summed E-state index contributed by atoms with van der Waals surface area (Å²) in [6.07, 6.45) is 4.63. The van der Waals surface area contributed by atoms with Crippen molar-refractivity contribution < 1.29 is 27.5 Å². The molecule has 11 heteroatoms. The van der Waals surface area contributed by atoms with Crippen molar-refractivity contribution in [3.63, 3.8) is 0 Å². The van der Waals surface area contributed by atoms with Crippen molar-refractivity contribution in [1.82, 2.24) is 15.0 Å². The maximum absolute atomic E-state index is 14.9. The lowest BCUT2D eigenvalue weighted by Gasteiger charge is -2.28. The number of aliphatic hydroxyl groups is 1. The highest BCUT2D eigenvalue weighted by molar-refractivity contribution is 5.97. The summed E-state index contributed by atoms with van der Waals surface area (Å²) in [5, 5.41) is 10.1. The number of ether oxygens (including phenoxy) is 1. The van der Waals surface area contributed by atoms with E-state index in [4.69, 9.17) is 21.2 Å². The van der Waals surface area contributed by atoms with Crippen molar-refractivity contribution in [2.75, 3.05) is 25.1 Å². The highest BCUT2D eigenvalue weighted by atomic mass is 19.1. The van der Waals surface area contributed by atoms with Gasteiger partial charge in [-0.05, 0) is 47.9 Å². The molecule has 2 aromatic carbocycles. The third kappa shape index (κ3) is 5.48. The Kier molecular flexibility index (Phi) is 6.89. The van der Waals surface area contributed by atoms with Gasteiger partial charge in [0.25, 0.3) is 0 Å². The van der Waals surface area contributed by atoms with E-state index in [0.29, 0.717) is 41.0 Å². The van der Waals surface area contributed by atoms with E-state index in [2.05, 4.69) is 19.8 Å². The van der Waals surface area contributed by atoms with E-state index in [-0.39, 0.29) is 30.8 Å². The number of nitrogens with zero attached hydrogens (tertiary/aromatic N) is 5. The molecule has 1 fully saturated rings. The molecule has 1 aliphatic heterocycles. The number of hydrogen-bond donors (Lipinski definition) is 2. The number of aromatic nitrogens is 3. The van der Waals surface area contributed by atoms with Crippen LogP contribution in [0.1, 0.15) is 26.6 Å². The van der Waals surface area contributed by atoms with Gasteiger partial charge in [0, 0.05) is 48.8 Å². The molecule has 2 aromatic heterocycles. The highest BCUT2D eigenvalue weighted by Crippen LogP contribution is 2.37. The second kappa shape index (κ2) is 11.8. The lowest BCUT2D eigenvalue weighted by Crippen LogP contribution is -2.33. The van der Waals surface area contributed by atoms with Gasteiger partial charge in [-0.1, -0.05) is 12.1 Å². The van der Waals surface area contributed by atoms with Gasteiger partial charge in [0.1, 0.15) is 11.5 Å². The molecule has 0 aliphatic carbocycles. The standard InChI is InChI=1S/C30H26F2N6O3/c1-34-24-7-9-35-14-21(24)17-3-4-18(26(11-17)38-15-19(33)13-20(38)16-39)12-27(40)25-8-10-36-30(37-25)28-22(31)5-6-23(32)29(28)41-2/h3-11,14,19-20,39H,12-13,15-16,33H2,2H3/t19-,20-/m0/s1/i2D3. The predicted octanol–water partition coefficient (Wildman–Crippen LogP) is 4.37. The van der Waals surface area contributed by atoms with Crippen LogP contribution in [0.5, 0.6) is 5.75 Å². The van der Waals surface area contributed by atoms with Gasteiger partial charge in [-0.2, -0.15) is 0 Å². The molecular weight excluding hydrogens is 530 g/mol. The van der Waals surface area contributed by atoms with Crippen LogP contribution in [-0.4, -0.2) is 58.1 Å². The molecule has 0 amide bonds. The number of benzene rings is 2. The van der Waals surface area contributed by atoms with Crippen molar-refractivity contribution >= 4 is 17.2 Å². The smallest absolute Gasteiger partial charge is 0.197 e. The number of aliphatic hydroxyl groups excluding tert-OH is 1. The molecule has 1 saturated heterocycles. The Morgan fingerprint density at radius 1 is 1.24 bits per heavy atom. The van der Waals surface area contributed by atoms with Crippen molar-refractivity contribution in [2.45, 2.75) is 24.9 Å². The molecule has 208 valence electrons. The Labute approximate surface area is 239 Å². The molecule has 0 unspecified atom stereocenters. The van der Waals surface area contributed by atoms with Gasteiger partial charge in [-0.15, -0.1) is 0 Å². The third-order valence-electron chi connectivity index (χ3n) is 6.96. The number of hydrogen-bond acceptors (Lipinski definition) is 8. The quantitative estimate of drug-likeness (QED) is 0.241. The number of nitrogens with two attached hydrogens (primary N) is 1. The molecular formula is C30H26F2N6O3. The van der Waals surface area contributed by atoms with Crippen molar-refractivity contribution in [3.8, 4) is 28.3 Å². The highest BCUT2D eigenvalue weighted by Gasteiger charge is 2.32. The van der Waals surface area contributed by atoms with Crippen LogP contribution in [0.2, 0.25) is 0 Å². The van der Waals surface area contributed by atoms with Gasteiger partial charge in [-0.25, -0.2) is 23.6 Å². The third-order valence-corrected chi connectivity index (χ3v) is 6.96. The number of halogens is 2. The van der Waals surface area contributed by atoms with Gasteiger partial charge < -0.3 is 20.5 Å². The number of carbonyl (C=O) groups is 1. The van der Waals surface area contributed by atoms with E-state index in [1.807, 2.05) is 11.0 Å². The van der Waals surface area contributed by atoms with Crippen LogP contribution in [0.15, 0.2) is 61.1 Å². The average molecular weight is 560 g/mol. The first kappa shape index (κ1) is 24.0. The van der Waals surface area contributed by atoms with Gasteiger partial charge >= 0.3 is 0 Å². The summed E-state index contributed by atoms with van der Waals surface area (Å²) in [5.41, 5.74) is 8.33. The molecule has 3 N–H and O–H groups in total. The molecule has 1 aliphatic rings. The lowest BCUT2D eigenvalue weighted by molar-refractivity contribution is 0.0988. The molecule has 5 rings (SSSR count). The molecule has 0 radical (unpaired) electrons. The van der Waals surface area contributed by atoms with E-state index in [9.17, 15) is 18.7 Å². The first-order chi connectivity index (χ1) is 21.0. The number of rotatable bonds is 8. The monoisotopic (exact) mass is 559 g/mol. The van der Waals surface area contributed by atoms with Crippen LogP contribution in [0, 0.1) is 18.2 Å². The van der Waals surface area contributed by atoms with E-state index >= 15 is 0 Å². The zero-order valence-electron chi connectivity index (χ0n) is 24.6. The molecule has 3 heterocycles. The Morgan fingerprint density at radius 3 is 2.85 bits per heavy atom. The molecule has 0 saturated carbocycles. The predicted molar refractivity (Wildman–Crippen MR) is 149 cm³/mol. The zero-order chi connectivity index (χ0) is 31.6. The SMILES string of the molecule is [2H]C([2H])([2H])Oc1c(F)ccc(F)c1-c1nccc(C(=O)Cc2ccc(-c3cnccc3[N+]#[C-])cc2N2C[C@@H](N)C[C@H]2CO)n1. The molecule has 41 heavy (non-hydrogen) atoms. The number of ketones is 1. The Bertz CT molecular complexity index is 1770. The van der Waals surface area contributed by atoms with Crippen molar-refractivity contribution in [1.29, 1.82) is 0 Å². The maximum atomic E-state index is 14.9. The van der Waals surface area contributed by atoms with Gasteiger partial charge in [0.15, 0.2) is 28.9 Å². The summed E-state index contributed by atoms with van der Waals surface area (Å²) in [7, 11) is -3.09. The number of methoxy groups -OCH3 is 1. The first-order valence-electron chi connectivity index (χ1n) is 14.1. The lowest BCUT2D eigenvalue weighted by atomic mass is 9.98. The molecule has 2 atom stereocenters. The molecule has 0 bridgehead atoms. The van der Waals surface area contributed by atoms with Crippen LogP contribution in [0.3, 0.4) is 0 Å². The molecule has 0 spiro atoms. The van der Waals surface area contributed by atoms with Gasteiger partial charge in [-0.3, -0.25) is 9.78 Å². The number of pyridine rings is 1. The minimum atomic E-state index is -3.09. The number of anilines is 1. The summed E-state index contributed by atoms with van der Waals surface area (Å²) in [6.45, 7) is 7.79. The van der Waals surface area contributed by atoms with Gasteiger partial charge in [0.2, 0.25) is 0 Å². The van der Waals surface area contributed by atoms with Crippen molar-refractivity contribution in [3.05, 3.63) is 95.4 Å². The van der Waals surface area contributed by atoms with Crippen LogP contribution in [0.4, 0.5) is 20.2 Å². The molecule has 4 aromatic rings. The minimum Gasteiger partial charge on any atom is -0.493 e. The fourth-order valence-electron chi connectivity index (χ4n) is 5.02. The van der Waals surface area contributed by atoms with E-state index < -0.39 is 41.6 Å². The van der Waals surface area contributed by atoms with Crippen LogP contribution in [-0.2, 0) is 6.42 Å². The normalized spacial score (nSPS) is 17.8. The van der Waals surface area contributed by atoms with Crippen LogP contribution < -0.4 is 15.4 Å². The summed E-state index contributed by atoms with van der Waals surface area (Å²) in [6, 6.07) is 9.20. The minimum absolute atomic E-state index is 0.132. The maximum Gasteiger partial charge on any atom is 0.197 e. The first-order valence-corrected chi connectivity index (χ1v) is 12.6. The second-order valence-corrected chi connectivity index (χ2v) is 9.53. The average Bonchev–Trinajstić information content (AvgIpc) is 3.39. The van der Waals surface area contributed by atoms with Gasteiger partial charge in [0.05, 0.1) is 35.9 Å². The fraction of sp³-hybridized carbons (Fsp3) is 0.233. The zero-order valence-corrected chi connectivity index (χ0v) is 21.6. The fourth-order valence-corrected chi connectivity index (χ4v) is 5.02. The second-order valence-electron chi connectivity index (χ2n) is 9.53. The number of Topliss-reactive ketones (excluding diaryl/α,β-unsaturated/α-hetero) is 1. The molecule has 9 nitrogen and oxygen atoms in total. The largest absolute Gasteiger partial charge is 0.493 e. The van der Waals surface area contributed by atoms with E-state index in [0.717, 1.165) is 12.1 Å². The topological polar surface area (TPSA) is 119 Å². The summed E-state index contributed by atoms with van der Waals surface area (Å²) < 4.78 is 56.2. The van der Waals surface area contributed by atoms with E-state index in [1.165, 1.54) is 18.5 Å². The number of carbonyl (C=O) groups excluding carboxylic acids is 1. The van der Waals surface area contributed by atoms with Crippen molar-refractivity contribution in [2.24, 2.45) is 5.73 Å². The summed E-state index contributed by atoms with van der Waals surface area (Å²) in [5.74, 6) is -4.01. The van der Waals surface area contributed by atoms with E-state index in [1.54, 1.807) is 24.4 Å². The Balaban J connectivity index is 1.54. The summed E-state index contributed by atoms with van der Waals surface area (Å²) in [4.78, 5) is 31.3. The Morgan fingerprint density at radius 2 is 2.07 bits per heavy atom. The van der Waals surface area contributed by atoms with Crippen LogP contribution in [0.25, 0.3) is 27.4 Å². The van der Waals surface area contributed by atoms with Crippen LogP contribution >= 0.6 is 0 Å².